The van der Waals surface area contributed by atoms with Crippen molar-refractivity contribution in [3.05, 3.63) is 30.1 Å². The first kappa shape index (κ1) is 24.0. The van der Waals surface area contributed by atoms with Crippen LogP contribution in [0.25, 0.3) is 0 Å². The van der Waals surface area contributed by atoms with Crippen LogP contribution in [-0.4, -0.2) is 38.6 Å². The van der Waals surface area contributed by atoms with Crippen LogP contribution < -0.4 is 15.5 Å². The minimum Gasteiger partial charge on any atom is -0.371 e. The van der Waals surface area contributed by atoms with Gasteiger partial charge >= 0.3 is 0 Å². The first-order valence-corrected chi connectivity index (χ1v) is 9.59. The number of piperidine rings is 1. The van der Waals surface area contributed by atoms with Crippen molar-refractivity contribution in [2.45, 2.75) is 32.6 Å². The van der Waals surface area contributed by atoms with Gasteiger partial charge in [-0.05, 0) is 74.4 Å². The number of hydrogen-bond donors (Lipinski definition) is 2. The lowest BCUT2D eigenvalue weighted by Crippen LogP contribution is -2.36. The van der Waals surface area contributed by atoms with Crippen LogP contribution in [0, 0.1) is 23.6 Å². The fourth-order valence-corrected chi connectivity index (χ4v) is 4.04. The third kappa shape index (κ3) is 7.13. The van der Waals surface area contributed by atoms with Crippen molar-refractivity contribution < 1.29 is 9.18 Å². The summed E-state index contributed by atoms with van der Waals surface area (Å²) in [6.07, 6.45) is 4.15. The molecule has 0 radical (unpaired) electrons. The molecular weight excluding hydrogens is 388 g/mol. The second-order valence-electron chi connectivity index (χ2n) is 7.67. The molecular formula is C20H32Cl2FN3O. The molecule has 0 aliphatic carbocycles. The fourth-order valence-electron chi connectivity index (χ4n) is 4.04. The number of amides is 1. The van der Waals surface area contributed by atoms with Crippen molar-refractivity contribution in [1.29, 1.82) is 0 Å². The quantitative estimate of drug-likeness (QED) is 0.739. The van der Waals surface area contributed by atoms with E-state index in [4.69, 9.17) is 0 Å². The molecule has 4 nitrogen and oxygen atoms in total. The molecule has 2 aliphatic rings. The zero-order chi connectivity index (χ0) is 17.6. The normalized spacial score (nSPS) is 23.1. The summed E-state index contributed by atoms with van der Waals surface area (Å²) in [6.45, 7) is 6.99. The Morgan fingerprint density at radius 3 is 2.70 bits per heavy atom. The van der Waals surface area contributed by atoms with Crippen LogP contribution in [0.2, 0.25) is 0 Å². The molecule has 2 aliphatic heterocycles. The van der Waals surface area contributed by atoms with Gasteiger partial charge in [0.15, 0.2) is 0 Å². The lowest BCUT2D eigenvalue weighted by atomic mass is 9.85. The minimum absolute atomic E-state index is 0. The van der Waals surface area contributed by atoms with Gasteiger partial charge in [-0.2, -0.15) is 0 Å². The van der Waals surface area contributed by atoms with Crippen molar-refractivity contribution in [2.75, 3.05) is 37.6 Å². The molecule has 7 heteroatoms. The van der Waals surface area contributed by atoms with E-state index >= 15 is 0 Å². The van der Waals surface area contributed by atoms with Gasteiger partial charge in [0.2, 0.25) is 5.91 Å². The van der Waals surface area contributed by atoms with Crippen molar-refractivity contribution in [1.82, 2.24) is 10.6 Å². The molecule has 3 atom stereocenters. The van der Waals surface area contributed by atoms with Crippen molar-refractivity contribution in [2.24, 2.45) is 17.8 Å². The molecule has 2 fully saturated rings. The average Bonchev–Trinajstić information content (AvgIpc) is 3.10. The highest BCUT2D eigenvalue weighted by Gasteiger charge is 2.25. The van der Waals surface area contributed by atoms with Crippen LogP contribution in [0.4, 0.5) is 10.1 Å². The third-order valence-corrected chi connectivity index (χ3v) is 5.71. The Balaban J connectivity index is 0.00000182. The van der Waals surface area contributed by atoms with Crippen molar-refractivity contribution in [3.63, 3.8) is 0 Å². The van der Waals surface area contributed by atoms with Crippen LogP contribution >= 0.6 is 24.8 Å². The summed E-state index contributed by atoms with van der Waals surface area (Å²) in [4.78, 5) is 14.5. The van der Waals surface area contributed by atoms with E-state index in [-0.39, 0.29) is 36.5 Å². The second-order valence-corrected chi connectivity index (χ2v) is 7.67. The summed E-state index contributed by atoms with van der Waals surface area (Å²) >= 11 is 0. The Hall–Kier alpha value is -1.04. The number of anilines is 1. The van der Waals surface area contributed by atoms with Gasteiger partial charge in [0.25, 0.3) is 0 Å². The monoisotopic (exact) mass is 419 g/mol. The molecule has 2 N–H and O–H groups in total. The number of rotatable bonds is 6. The molecule has 3 rings (SSSR count). The summed E-state index contributed by atoms with van der Waals surface area (Å²) in [5.41, 5.74) is 1.06. The van der Waals surface area contributed by atoms with Gasteiger partial charge in [-0.25, -0.2) is 4.39 Å². The molecule has 0 spiro atoms. The van der Waals surface area contributed by atoms with Crippen molar-refractivity contribution >= 4 is 36.4 Å². The Morgan fingerprint density at radius 2 is 2.04 bits per heavy atom. The Kier molecular flexibility index (Phi) is 10.4. The maximum absolute atomic E-state index is 13.0. The predicted molar refractivity (Wildman–Crippen MR) is 114 cm³/mol. The Bertz CT molecular complexity index is 567. The maximum Gasteiger partial charge on any atom is 0.220 e. The van der Waals surface area contributed by atoms with Crippen LogP contribution in [0.5, 0.6) is 0 Å². The zero-order valence-electron chi connectivity index (χ0n) is 16.0. The maximum atomic E-state index is 13.0. The number of halogens is 3. The number of nitrogens with one attached hydrogen (secondary N) is 2. The standard InChI is InChI=1S/C20H30FN3O.2ClH/c1-15(17-3-2-9-22-13-17)11-20(25)23-12-16-8-10-24(14-16)19-6-4-18(21)5-7-19;;/h4-7,15-17,22H,2-3,8-14H2,1H3,(H,23,25);2*1H. The molecule has 3 unspecified atom stereocenters. The van der Waals surface area contributed by atoms with Gasteiger partial charge in [-0.1, -0.05) is 6.92 Å². The summed E-state index contributed by atoms with van der Waals surface area (Å²) in [5, 5.41) is 6.56. The van der Waals surface area contributed by atoms with E-state index in [0.717, 1.165) is 44.8 Å². The van der Waals surface area contributed by atoms with Crippen molar-refractivity contribution in [3.8, 4) is 0 Å². The lowest BCUT2D eigenvalue weighted by molar-refractivity contribution is -0.122. The topological polar surface area (TPSA) is 44.4 Å². The first-order valence-electron chi connectivity index (χ1n) is 9.59. The minimum atomic E-state index is -0.200. The summed E-state index contributed by atoms with van der Waals surface area (Å²) in [5.74, 6) is 1.51. The molecule has 1 aromatic carbocycles. The van der Waals surface area contributed by atoms with E-state index in [1.807, 2.05) is 12.1 Å². The van der Waals surface area contributed by atoms with E-state index in [1.54, 1.807) is 0 Å². The third-order valence-electron chi connectivity index (χ3n) is 5.71. The smallest absolute Gasteiger partial charge is 0.220 e. The molecule has 2 heterocycles. The fraction of sp³-hybridized carbons (Fsp3) is 0.650. The molecule has 0 aromatic heterocycles. The predicted octanol–water partition coefficient (Wildman–Crippen LogP) is 3.64. The number of benzene rings is 1. The van der Waals surface area contributed by atoms with Gasteiger partial charge in [0.1, 0.15) is 5.82 Å². The highest BCUT2D eigenvalue weighted by atomic mass is 35.5. The molecule has 27 heavy (non-hydrogen) atoms. The van der Waals surface area contributed by atoms with Gasteiger partial charge < -0.3 is 15.5 Å². The summed E-state index contributed by atoms with van der Waals surface area (Å²) in [7, 11) is 0. The van der Waals surface area contributed by atoms with E-state index in [2.05, 4.69) is 22.5 Å². The average molecular weight is 420 g/mol. The molecule has 154 valence electrons. The number of carbonyl (C=O) groups is 1. The van der Waals surface area contributed by atoms with Crippen LogP contribution in [0.1, 0.15) is 32.6 Å². The molecule has 0 bridgehead atoms. The highest BCUT2D eigenvalue weighted by molar-refractivity contribution is 5.85. The van der Waals surface area contributed by atoms with Gasteiger partial charge in [-0.15, -0.1) is 24.8 Å². The van der Waals surface area contributed by atoms with E-state index in [1.165, 1.54) is 25.0 Å². The van der Waals surface area contributed by atoms with E-state index in [9.17, 15) is 9.18 Å². The Morgan fingerprint density at radius 1 is 1.30 bits per heavy atom. The van der Waals surface area contributed by atoms with Crippen LogP contribution in [0.15, 0.2) is 24.3 Å². The lowest BCUT2D eigenvalue weighted by Gasteiger charge is -2.28. The van der Waals surface area contributed by atoms with E-state index in [0.29, 0.717) is 24.2 Å². The molecule has 2 saturated heterocycles. The van der Waals surface area contributed by atoms with Crippen LogP contribution in [-0.2, 0) is 4.79 Å². The van der Waals surface area contributed by atoms with Gasteiger partial charge in [0, 0.05) is 31.7 Å². The second kappa shape index (κ2) is 11.7. The largest absolute Gasteiger partial charge is 0.371 e. The number of nitrogens with zero attached hydrogens (tertiary/aromatic N) is 1. The molecule has 1 aromatic rings. The van der Waals surface area contributed by atoms with Crippen LogP contribution in [0.3, 0.4) is 0 Å². The van der Waals surface area contributed by atoms with Gasteiger partial charge in [-0.3, -0.25) is 4.79 Å². The summed E-state index contributed by atoms with van der Waals surface area (Å²) < 4.78 is 13.0. The first-order chi connectivity index (χ1) is 12.1. The van der Waals surface area contributed by atoms with E-state index < -0.39 is 0 Å². The SMILES string of the molecule is CC(CC(=O)NCC1CCN(c2ccc(F)cc2)C1)C1CCCNC1.Cl.Cl. The summed E-state index contributed by atoms with van der Waals surface area (Å²) in [6, 6.07) is 6.67. The van der Waals surface area contributed by atoms with Gasteiger partial charge in [0.05, 0.1) is 0 Å². The number of hydrogen-bond acceptors (Lipinski definition) is 3. The Labute approximate surface area is 174 Å². The molecule has 1 amide bonds. The zero-order valence-corrected chi connectivity index (χ0v) is 17.6. The highest BCUT2D eigenvalue weighted by Crippen LogP contribution is 2.24. The molecule has 0 saturated carbocycles. The number of carbonyl (C=O) groups excluding carboxylic acids is 1.